The lowest BCUT2D eigenvalue weighted by Crippen LogP contribution is -2.28. The second-order valence-corrected chi connectivity index (χ2v) is 5.87. The van der Waals surface area contributed by atoms with Crippen molar-refractivity contribution in [2.24, 2.45) is 0 Å². The van der Waals surface area contributed by atoms with Gasteiger partial charge in [-0.25, -0.2) is 9.18 Å². The van der Waals surface area contributed by atoms with E-state index < -0.39 is 17.9 Å². The fourth-order valence-corrected chi connectivity index (χ4v) is 2.88. The van der Waals surface area contributed by atoms with Gasteiger partial charge in [0.05, 0.1) is 25.1 Å². The van der Waals surface area contributed by atoms with Crippen LogP contribution in [0.1, 0.15) is 47.0 Å². The summed E-state index contributed by atoms with van der Waals surface area (Å²) in [6.45, 7) is 1.76. The Morgan fingerprint density at radius 1 is 1.32 bits per heavy atom. The highest BCUT2D eigenvalue weighted by Crippen LogP contribution is 2.33. The molecule has 2 atom stereocenters. The predicted molar refractivity (Wildman–Crippen MR) is 88.7 cm³/mol. The van der Waals surface area contributed by atoms with Gasteiger partial charge in [-0.1, -0.05) is 24.3 Å². The van der Waals surface area contributed by atoms with Gasteiger partial charge in [-0.2, -0.15) is 0 Å². The number of cyclic esters (lactones) is 1. The summed E-state index contributed by atoms with van der Waals surface area (Å²) in [7, 11) is 1.39. The summed E-state index contributed by atoms with van der Waals surface area (Å²) in [4.78, 5) is 24.1. The van der Waals surface area contributed by atoms with Crippen molar-refractivity contribution in [1.29, 1.82) is 0 Å². The fourth-order valence-electron chi connectivity index (χ4n) is 2.88. The third-order valence-corrected chi connectivity index (χ3v) is 4.20. The van der Waals surface area contributed by atoms with Crippen molar-refractivity contribution in [2.75, 3.05) is 7.11 Å². The molecule has 0 unspecified atom stereocenters. The molecule has 3 rings (SSSR count). The summed E-state index contributed by atoms with van der Waals surface area (Å²) in [5.41, 5.74) is 1.83. The fraction of sp³-hybridized carbons (Fsp3) is 0.263. The normalized spacial score (nSPS) is 16.8. The molecule has 0 aromatic heterocycles. The molecule has 0 saturated carbocycles. The topological polar surface area (TPSA) is 64.6 Å². The first kappa shape index (κ1) is 17.0. The van der Waals surface area contributed by atoms with E-state index >= 15 is 0 Å². The Morgan fingerprint density at radius 3 is 2.80 bits per heavy atom. The molecular weight excluding hydrogens is 325 g/mol. The van der Waals surface area contributed by atoms with Gasteiger partial charge >= 0.3 is 5.97 Å². The van der Waals surface area contributed by atoms with E-state index in [2.05, 4.69) is 5.32 Å². The predicted octanol–water partition coefficient (Wildman–Crippen LogP) is 3.31. The third-order valence-electron chi connectivity index (χ3n) is 4.20. The average Bonchev–Trinajstić information content (AvgIpc) is 2.91. The molecule has 1 amide bonds. The minimum Gasteiger partial charge on any atom is -0.494 e. The van der Waals surface area contributed by atoms with E-state index in [-0.39, 0.29) is 24.1 Å². The quantitative estimate of drug-likeness (QED) is 0.846. The van der Waals surface area contributed by atoms with Gasteiger partial charge < -0.3 is 14.8 Å². The molecule has 0 spiro atoms. The molecule has 0 fully saturated rings. The largest absolute Gasteiger partial charge is 0.494 e. The molecule has 6 heteroatoms. The highest BCUT2D eigenvalue weighted by atomic mass is 19.1. The van der Waals surface area contributed by atoms with Gasteiger partial charge in [-0.3, -0.25) is 4.79 Å². The molecule has 1 aliphatic heterocycles. The molecule has 1 heterocycles. The van der Waals surface area contributed by atoms with Crippen LogP contribution >= 0.6 is 0 Å². The summed E-state index contributed by atoms with van der Waals surface area (Å²) >= 11 is 0. The standard InChI is InChI=1S/C19H18FNO4/c1-11(12-7-8-16(24-2)15(20)9-12)21-18(22)10-17-13-5-3-4-6-14(13)19(23)25-17/h3-9,11,17H,10H2,1-2H3,(H,21,22)/t11-,17-/m1/s1. The van der Waals surface area contributed by atoms with Crippen LogP contribution < -0.4 is 10.1 Å². The minimum atomic E-state index is -0.594. The van der Waals surface area contributed by atoms with E-state index in [1.807, 2.05) is 0 Å². The number of carbonyl (C=O) groups is 2. The number of ether oxygens (including phenoxy) is 2. The highest BCUT2D eigenvalue weighted by molar-refractivity contribution is 5.94. The molecule has 0 aliphatic carbocycles. The number of fused-ring (bicyclic) bond motifs is 1. The second-order valence-electron chi connectivity index (χ2n) is 5.87. The number of rotatable bonds is 5. The Bertz CT molecular complexity index is 821. The zero-order chi connectivity index (χ0) is 18.0. The summed E-state index contributed by atoms with van der Waals surface area (Å²) in [5, 5.41) is 2.80. The molecule has 5 nitrogen and oxygen atoms in total. The molecule has 130 valence electrons. The molecule has 0 bridgehead atoms. The molecule has 25 heavy (non-hydrogen) atoms. The maximum Gasteiger partial charge on any atom is 0.339 e. The van der Waals surface area contributed by atoms with Crippen molar-refractivity contribution in [2.45, 2.75) is 25.5 Å². The maximum absolute atomic E-state index is 13.8. The van der Waals surface area contributed by atoms with Crippen molar-refractivity contribution in [3.63, 3.8) is 0 Å². The van der Waals surface area contributed by atoms with Crippen LogP contribution in [-0.4, -0.2) is 19.0 Å². The average molecular weight is 343 g/mol. The number of carbonyl (C=O) groups excluding carboxylic acids is 2. The Hall–Kier alpha value is -2.89. The highest BCUT2D eigenvalue weighted by Gasteiger charge is 2.32. The van der Waals surface area contributed by atoms with Crippen molar-refractivity contribution in [3.8, 4) is 5.75 Å². The number of esters is 1. The number of hydrogen-bond acceptors (Lipinski definition) is 4. The van der Waals surface area contributed by atoms with Crippen LogP contribution in [0.3, 0.4) is 0 Å². The van der Waals surface area contributed by atoms with Gasteiger partial charge in [-0.05, 0) is 30.7 Å². The first-order chi connectivity index (χ1) is 12.0. The smallest absolute Gasteiger partial charge is 0.339 e. The molecule has 0 saturated heterocycles. The molecule has 2 aromatic carbocycles. The van der Waals surface area contributed by atoms with Gasteiger partial charge in [0.1, 0.15) is 6.10 Å². The number of amides is 1. The molecule has 1 aliphatic rings. The molecular formula is C19H18FNO4. The number of benzene rings is 2. The lowest BCUT2D eigenvalue weighted by Gasteiger charge is -2.17. The third kappa shape index (κ3) is 3.47. The van der Waals surface area contributed by atoms with Crippen LogP contribution in [0.15, 0.2) is 42.5 Å². The van der Waals surface area contributed by atoms with E-state index in [9.17, 15) is 14.0 Å². The number of methoxy groups -OCH3 is 1. The van der Waals surface area contributed by atoms with Crippen LogP contribution in [0.25, 0.3) is 0 Å². The van der Waals surface area contributed by atoms with E-state index in [1.54, 1.807) is 37.3 Å². The first-order valence-corrected chi connectivity index (χ1v) is 7.92. The van der Waals surface area contributed by atoms with E-state index in [1.165, 1.54) is 19.2 Å². The van der Waals surface area contributed by atoms with Gasteiger partial charge in [-0.15, -0.1) is 0 Å². The Morgan fingerprint density at radius 2 is 2.08 bits per heavy atom. The zero-order valence-corrected chi connectivity index (χ0v) is 13.9. The van der Waals surface area contributed by atoms with E-state index in [0.717, 1.165) is 0 Å². The molecule has 0 radical (unpaired) electrons. The van der Waals surface area contributed by atoms with Gasteiger partial charge in [0.15, 0.2) is 11.6 Å². The second kappa shape index (κ2) is 6.93. The molecule has 1 N–H and O–H groups in total. The summed E-state index contributed by atoms with van der Waals surface area (Å²) in [6.07, 6.45) is -0.574. The van der Waals surface area contributed by atoms with Crippen LogP contribution in [0.4, 0.5) is 4.39 Å². The van der Waals surface area contributed by atoms with Crippen molar-refractivity contribution < 1.29 is 23.5 Å². The van der Waals surface area contributed by atoms with Crippen molar-refractivity contribution in [3.05, 3.63) is 65.0 Å². The lowest BCUT2D eigenvalue weighted by molar-refractivity contribution is -0.123. The summed E-state index contributed by atoms with van der Waals surface area (Å²) < 4.78 is 23.9. The number of nitrogens with one attached hydrogen (secondary N) is 1. The summed E-state index contributed by atoms with van der Waals surface area (Å²) in [6, 6.07) is 11.2. The summed E-state index contributed by atoms with van der Waals surface area (Å²) in [5.74, 6) is -1.03. The minimum absolute atomic E-state index is 0.0196. The van der Waals surface area contributed by atoms with Gasteiger partial charge in [0.25, 0.3) is 0 Å². The number of halogens is 1. The van der Waals surface area contributed by atoms with E-state index in [0.29, 0.717) is 16.7 Å². The Labute approximate surface area is 144 Å². The van der Waals surface area contributed by atoms with Crippen LogP contribution in [0.5, 0.6) is 5.75 Å². The van der Waals surface area contributed by atoms with Crippen LogP contribution in [0.2, 0.25) is 0 Å². The zero-order valence-electron chi connectivity index (χ0n) is 13.9. The Kier molecular flexibility index (Phi) is 4.70. The number of hydrogen-bond donors (Lipinski definition) is 1. The first-order valence-electron chi connectivity index (χ1n) is 7.92. The molecule has 2 aromatic rings. The van der Waals surface area contributed by atoms with E-state index in [4.69, 9.17) is 9.47 Å². The van der Waals surface area contributed by atoms with Gasteiger partial charge in [0, 0.05) is 5.56 Å². The van der Waals surface area contributed by atoms with Crippen LogP contribution in [0, 0.1) is 5.82 Å². The SMILES string of the molecule is COc1ccc([C@@H](C)NC(=O)C[C@H]2OC(=O)c3ccccc32)cc1F. The lowest BCUT2D eigenvalue weighted by atomic mass is 10.0. The van der Waals surface area contributed by atoms with Crippen molar-refractivity contribution in [1.82, 2.24) is 5.32 Å². The van der Waals surface area contributed by atoms with Crippen molar-refractivity contribution >= 4 is 11.9 Å². The van der Waals surface area contributed by atoms with Crippen LogP contribution in [-0.2, 0) is 9.53 Å². The maximum atomic E-state index is 13.8. The van der Waals surface area contributed by atoms with Gasteiger partial charge in [0.2, 0.25) is 5.91 Å². The monoisotopic (exact) mass is 343 g/mol. The Balaban J connectivity index is 1.65.